The Hall–Kier alpha value is -1.63. The molecule has 7 heteroatoms. The van der Waals surface area contributed by atoms with Gasteiger partial charge in [0.05, 0.1) is 23.4 Å². The van der Waals surface area contributed by atoms with Crippen LogP contribution in [-0.2, 0) is 9.84 Å². The zero-order valence-electron chi connectivity index (χ0n) is 13.1. The molecule has 6 nitrogen and oxygen atoms in total. The van der Waals surface area contributed by atoms with E-state index in [1.165, 1.54) is 4.90 Å². The van der Waals surface area contributed by atoms with Gasteiger partial charge >= 0.3 is 0 Å². The van der Waals surface area contributed by atoms with E-state index in [4.69, 9.17) is 0 Å². The van der Waals surface area contributed by atoms with Crippen LogP contribution in [0.3, 0.4) is 0 Å². The van der Waals surface area contributed by atoms with Crippen molar-refractivity contribution in [2.24, 2.45) is 0 Å². The van der Waals surface area contributed by atoms with E-state index < -0.39 is 9.84 Å². The summed E-state index contributed by atoms with van der Waals surface area (Å²) in [4.78, 5) is 18.0. The van der Waals surface area contributed by atoms with E-state index in [0.29, 0.717) is 12.1 Å². The number of rotatable bonds is 6. The lowest BCUT2D eigenvalue weighted by Crippen LogP contribution is -2.38. The number of sulfone groups is 1. The summed E-state index contributed by atoms with van der Waals surface area (Å²) in [6.45, 7) is 3.01. The third-order valence-corrected chi connectivity index (χ3v) is 5.67. The summed E-state index contributed by atoms with van der Waals surface area (Å²) < 4.78 is 23.0. The molecule has 1 amide bonds. The molecule has 2 heterocycles. The number of anilines is 1. The Bertz CT molecular complexity index is 613. The van der Waals surface area contributed by atoms with Crippen molar-refractivity contribution in [3.8, 4) is 0 Å². The van der Waals surface area contributed by atoms with E-state index in [1.807, 2.05) is 6.07 Å². The largest absolute Gasteiger partial charge is 0.384 e. The molecule has 0 aromatic carbocycles. The summed E-state index contributed by atoms with van der Waals surface area (Å²) in [7, 11) is -1.36. The van der Waals surface area contributed by atoms with Crippen LogP contribution < -0.4 is 5.32 Å². The fourth-order valence-electron chi connectivity index (χ4n) is 2.46. The van der Waals surface area contributed by atoms with Crippen LogP contribution in [0.2, 0.25) is 0 Å². The number of nitrogens with one attached hydrogen (secondary N) is 1. The Balaban J connectivity index is 1.97. The lowest BCUT2D eigenvalue weighted by Gasteiger charge is -2.23. The van der Waals surface area contributed by atoms with Crippen LogP contribution >= 0.6 is 0 Å². The molecule has 1 aromatic heterocycles. The Labute approximate surface area is 131 Å². The SMILES string of the molecule is CCCCNc1ccc(C(=O)N(C)C2CCS(=O)(=O)C2)nc1. The summed E-state index contributed by atoms with van der Waals surface area (Å²) in [6.07, 6.45) is 4.34. The molecule has 2 rings (SSSR count). The van der Waals surface area contributed by atoms with Gasteiger partial charge in [0.25, 0.3) is 5.91 Å². The maximum atomic E-state index is 12.4. The van der Waals surface area contributed by atoms with Crippen molar-refractivity contribution in [2.75, 3.05) is 30.4 Å². The van der Waals surface area contributed by atoms with Crippen molar-refractivity contribution in [1.29, 1.82) is 0 Å². The number of pyridine rings is 1. The fourth-order valence-corrected chi connectivity index (χ4v) is 4.24. The molecule has 22 heavy (non-hydrogen) atoms. The molecule has 0 spiro atoms. The first kappa shape index (κ1) is 16.7. The molecule has 1 aliphatic rings. The number of hydrogen-bond acceptors (Lipinski definition) is 5. The second-order valence-corrected chi connectivity index (χ2v) is 7.91. The number of carbonyl (C=O) groups excluding carboxylic acids is 1. The lowest BCUT2D eigenvalue weighted by molar-refractivity contribution is 0.0742. The molecule has 122 valence electrons. The number of aromatic nitrogens is 1. The van der Waals surface area contributed by atoms with Crippen LogP contribution in [0.4, 0.5) is 5.69 Å². The van der Waals surface area contributed by atoms with Crippen molar-refractivity contribution in [3.63, 3.8) is 0 Å². The molecule has 1 aliphatic heterocycles. The van der Waals surface area contributed by atoms with E-state index >= 15 is 0 Å². The molecular weight excluding hydrogens is 302 g/mol. The summed E-state index contributed by atoms with van der Waals surface area (Å²) in [5, 5.41) is 3.24. The van der Waals surface area contributed by atoms with Crippen molar-refractivity contribution < 1.29 is 13.2 Å². The average Bonchev–Trinajstić information content (AvgIpc) is 2.87. The summed E-state index contributed by atoms with van der Waals surface area (Å²) >= 11 is 0. The standard InChI is InChI=1S/C15H23N3O3S/c1-3-4-8-16-12-5-6-14(17-10-12)15(19)18(2)13-7-9-22(20,21)11-13/h5-6,10,13,16H,3-4,7-9,11H2,1-2H3. The first-order valence-corrected chi connectivity index (χ1v) is 9.42. The van der Waals surface area contributed by atoms with Crippen LogP contribution in [0, 0.1) is 0 Å². The monoisotopic (exact) mass is 325 g/mol. The first-order valence-electron chi connectivity index (χ1n) is 7.60. The zero-order chi connectivity index (χ0) is 16.2. The molecule has 0 saturated carbocycles. The van der Waals surface area contributed by atoms with Crippen LogP contribution in [0.5, 0.6) is 0 Å². The van der Waals surface area contributed by atoms with Gasteiger partial charge in [-0.25, -0.2) is 13.4 Å². The van der Waals surface area contributed by atoms with Crippen LogP contribution in [0.25, 0.3) is 0 Å². The minimum absolute atomic E-state index is 0.0475. The number of carbonyl (C=O) groups is 1. The van der Waals surface area contributed by atoms with Gasteiger partial charge in [-0.2, -0.15) is 0 Å². The van der Waals surface area contributed by atoms with Crippen molar-refractivity contribution in [2.45, 2.75) is 32.2 Å². The zero-order valence-corrected chi connectivity index (χ0v) is 13.9. The summed E-state index contributed by atoms with van der Waals surface area (Å²) in [6, 6.07) is 3.26. The minimum atomic E-state index is -3.00. The Morgan fingerprint density at radius 3 is 2.77 bits per heavy atom. The van der Waals surface area contributed by atoms with Crippen molar-refractivity contribution in [3.05, 3.63) is 24.0 Å². The van der Waals surface area contributed by atoms with Crippen LogP contribution in [-0.4, -0.2) is 55.3 Å². The lowest BCUT2D eigenvalue weighted by atomic mass is 10.2. The molecule has 0 radical (unpaired) electrons. The Morgan fingerprint density at radius 2 is 2.23 bits per heavy atom. The van der Waals surface area contributed by atoms with E-state index in [2.05, 4.69) is 17.2 Å². The van der Waals surface area contributed by atoms with Gasteiger partial charge in [-0.1, -0.05) is 13.3 Å². The van der Waals surface area contributed by atoms with Gasteiger partial charge < -0.3 is 10.2 Å². The number of nitrogens with zero attached hydrogens (tertiary/aromatic N) is 2. The summed E-state index contributed by atoms with van der Waals surface area (Å²) in [5.74, 6) is -0.0308. The second kappa shape index (κ2) is 7.09. The molecule has 1 atom stereocenters. The average molecular weight is 325 g/mol. The molecule has 1 saturated heterocycles. The highest BCUT2D eigenvalue weighted by molar-refractivity contribution is 7.91. The minimum Gasteiger partial charge on any atom is -0.384 e. The number of unbranched alkanes of at least 4 members (excludes halogenated alkanes) is 1. The van der Waals surface area contributed by atoms with Crippen molar-refractivity contribution >= 4 is 21.4 Å². The normalized spacial score (nSPS) is 19.8. The van der Waals surface area contributed by atoms with E-state index in [1.54, 1.807) is 19.3 Å². The number of amides is 1. The van der Waals surface area contributed by atoms with Gasteiger partial charge in [-0.15, -0.1) is 0 Å². The predicted octanol–water partition coefficient (Wildman–Crippen LogP) is 1.55. The van der Waals surface area contributed by atoms with Gasteiger partial charge in [0, 0.05) is 19.6 Å². The molecule has 0 bridgehead atoms. The predicted molar refractivity (Wildman–Crippen MR) is 86.8 cm³/mol. The van der Waals surface area contributed by atoms with Crippen LogP contribution in [0.15, 0.2) is 18.3 Å². The van der Waals surface area contributed by atoms with Gasteiger partial charge in [-0.05, 0) is 25.0 Å². The molecule has 0 aliphatic carbocycles. The van der Waals surface area contributed by atoms with E-state index in [9.17, 15) is 13.2 Å². The molecule has 1 fully saturated rings. The quantitative estimate of drug-likeness (QED) is 0.803. The van der Waals surface area contributed by atoms with Crippen molar-refractivity contribution in [1.82, 2.24) is 9.88 Å². The first-order chi connectivity index (χ1) is 10.4. The molecule has 1 aromatic rings. The van der Waals surface area contributed by atoms with E-state index in [0.717, 1.165) is 25.1 Å². The highest BCUT2D eigenvalue weighted by Gasteiger charge is 2.33. The second-order valence-electron chi connectivity index (χ2n) is 5.69. The van der Waals surface area contributed by atoms with E-state index in [-0.39, 0.29) is 23.5 Å². The highest BCUT2D eigenvalue weighted by atomic mass is 32.2. The van der Waals surface area contributed by atoms with Gasteiger partial charge in [0.2, 0.25) is 0 Å². The molecule has 1 unspecified atom stereocenters. The van der Waals surface area contributed by atoms with Gasteiger partial charge in [0.1, 0.15) is 5.69 Å². The Morgan fingerprint density at radius 1 is 1.45 bits per heavy atom. The van der Waals surface area contributed by atoms with Crippen LogP contribution in [0.1, 0.15) is 36.7 Å². The Kier molecular flexibility index (Phi) is 5.39. The molecule has 1 N–H and O–H groups in total. The van der Waals surface area contributed by atoms with Gasteiger partial charge in [0.15, 0.2) is 9.84 Å². The third kappa shape index (κ3) is 4.19. The maximum Gasteiger partial charge on any atom is 0.272 e. The summed E-state index contributed by atoms with van der Waals surface area (Å²) in [5.41, 5.74) is 1.23. The number of hydrogen-bond donors (Lipinski definition) is 1. The van der Waals surface area contributed by atoms with Gasteiger partial charge in [-0.3, -0.25) is 4.79 Å². The smallest absolute Gasteiger partial charge is 0.272 e. The topological polar surface area (TPSA) is 79.4 Å². The third-order valence-electron chi connectivity index (χ3n) is 3.92. The molecular formula is C15H23N3O3S. The highest BCUT2D eigenvalue weighted by Crippen LogP contribution is 2.18. The fraction of sp³-hybridized carbons (Fsp3) is 0.600. The maximum absolute atomic E-state index is 12.4.